The molecule has 11 heteroatoms. The summed E-state index contributed by atoms with van der Waals surface area (Å²) in [7, 11) is 2.95. The van der Waals surface area contributed by atoms with Gasteiger partial charge in [-0.1, -0.05) is 36.4 Å². The first kappa shape index (κ1) is 28.5. The van der Waals surface area contributed by atoms with Crippen LogP contribution in [0.1, 0.15) is 11.1 Å². The Morgan fingerprint density at radius 2 is 1.57 bits per heavy atom. The van der Waals surface area contributed by atoms with Gasteiger partial charge >= 0.3 is 6.18 Å². The minimum atomic E-state index is -4.53. The van der Waals surface area contributed by atoms with Crippen molar-refractivity contribution in [2.45, 2.75) is 12.8 Å². The van der Waals surface area contributed by atoms with E-state index in [4.69, 9.17) is 19.2 Å². The quantitative estimate of drug-likeness (QED) is 0.182. The molecule has 0 spiro atoms. The summed E-state index contributed by atoms with van der Waals surface area (Å²) in [6, 6.07) is 25.9. The van der Waals surface area contributed by atoms with Gasteiger partial charge in [-0.25, -0.2) is 15.0 Å². The molecule has 0 aliphatic rings. The number of methoxy groups -OCH3 is 2. The molecule has 1 N–H and O–H groups in total. The van der Waals surface area contributed by atoms with Gasteiger partial charge in [-0.3, -0.25) is 4.40 Å². The number of fused-ring (bicyclic) bond motifs is 1. The van der Waals surface area contributed by atoms with Crippen molar-refractivity contribution in [3.8, 4) is 39.9 Å². The van der Waals surface area contributed by atoms with Gasteiger partial charge in [0.15, 0.2) is 11.5 Å². The van der Waals surface area contributed by atoms with Crippen molar-refractivity contribution < 1.29 is 27.4 Å². The van der Waals surface area contributed by atoms with Crippen LogP contribution in [-0.4, -0.2) is 33.6 Å². The van der Waals surface area contributed by atoms with Crippen LogP contribution in [0.4, 0.5) is 24.8 Å². The fraction of sp³-hybridized carbons (Fsp3) is 0.121. The lowest BCUT2D eigenvalue weighted by Crippen LogP contribution is -2.07. The molecule has 0 aliphatic heterocycles. The maximum Gasteiger partial charge on any atom is 0.416 e. The van der Waals surface area contributed by atoms with Gasteiger partial charge in [0.25, 0.3) is 0 Å². The van der Waals surface area contributed by atoms with Crippen molar-refractivity contribution in [1.29, 1.82) is 0 Å². The molecule has 0 fully saturated rings. The molecule has 44 heavy (non-hydrogen) atoms. The number of imidazole rings is 1. The number of halogens is 3. The molecule has 0 aliphatic carbocycles. The third-order valence-corrected chi connectivity index (χ3v) is 6.88. The molecular weight excluding hydrogens is 571 g/mol. The number of alkyl halides is 3. The van der Waals surface area contributed by atoms with Gasteiger partial charge in [0.05, 0.1) is 42.6 Å². The second-order valence-corrected chi connectivity index (χ2v) is 9.68. The molecule has 222 valence electrons. The Labute approximate surface area is 250 Å². The predicted molar refractivity (Wildman–Crippen MR) is 160 cm³/mol. The Hall–Kier alpha value is -5.58. The number of nitrogens with zero attached hydrogens (tertiary/aromatic N) is 4. The van der Waals surface area contributed by atoms with E-state index >= 15 is 0 Å². The molecule has 0 bridgehead atoms. The van der Waals surface area contributed by atoms with E-state index in [0.29, 0.717) is 40.8 Å². The van der Waals surface area contributed by atoms with Crippen LogP contribution in [-0.2, 0) is 12.8 Å². The van der Waals surface area contributed by atoms with Crippen LogP contribution in [0, 0.1) is 0 Å². The van der Waals surface area contributed by atoms with Crippen LogP contribution in [0.15, 0.2) is 103 Å². The van der Waals surface area contributed by atoms with Crippen LogP contribution in [0.2, 0.25) is 0 Å². The van der Waals surface area contributed by atoms with E-state index in [-0.39, 0.29) is 17.4 Å². The summed E-state index contributed by atoms with van der Waals surface area (Å²) in [5, 5.41) is 2.89. The van der Waals surface area contributed by atoms with Gasteiger partial charge < -0.3 is 19.5 Å². The minimum Gasteiger partial charge on any atom is -0.495 e. The first-order valence-corrected chi connectivity index (χ1v) is 13.5. The van der Waals surface area contributed by atoms with Crippen molar-refractivity contribution >= 4 is 17.3 Å². The molecule has 6 rings (SSSR count). The summed E-state index contributed by atoms with van der Waals surface area (Å²) in [6.45, 7) is 0.379. The van der Waals surface area contributed by atoms with Gasteiger partial charge in [0, 0.05) is 18.0 Å². The van der Waals surface area contributed by atoms with Gasteiger partial charge in [0.1, 0.15) is 18.0 Å². The molecule has 0 radical (unpaired) electrons. The second kappa shape index (κ2) is 12.0. The second-order valence-electron chi connectivity index (χ2n) is 9.68. The highest BCUT2D eigenvalue weighted by Crippen LogP contribution is 2.39. The van der Waals surface area contributed by atoms with Gasteiger partial charge in [-0.05, 0) is 60.2 Å². The van der Waals surface area contributed by atoms with E-state index in [0.717, 1.165) is 23.3 Å². The zero-order valence-corrected chi connectivity index (χ0v) is 23.7. The molecule has 0 amide bonds. The van der Waals surface area contributed by atoms with E-state index in [9.17, 15) is 13.2 Å². The first-order valence-electron chi connectivity index (χ1n) is 13.5. The topological polar surface area (TPSA) is 82.8 Å². The average molecular weight is 598 g/mol. The van der Waals surface area contributed by atoms with Crippen LogP contribution in [0.5, 0.6) is 17.2 Å². The molecule has 0 unspecified atom stereocenters. The molecular formula is C33H26F3N5O3. The van der Waals surface area contributed by atoms with Crippen molar-refractivity contribution in [3.05, 3.63) is 115 Å². The van der Waals surface area contributed by atoms with Crippen molar-refractivity contribution in [1.82, 2.24) is 19.4 Å². The lowest BCUT2D eigenvalue weighted by Gasteiger charge is -2.14. The molecule has 0 atom stereocenters. The van der Waals surface area contributed by atoms with Gasteiger partial charge in [0.2, 0.25) is 5.95 Å². The number of hydrogen-bond donors (Lipinski definition) is 1. The number of aromatic nitrogens is 4. The Bertz CT molecular complexity index is 1930. The molecule has 3 aromatic carbocycles. The maximum atomic E-state index is 13.4. The first-order chi connectivity index (χ1) is 21.3. The van der Waals surface area contributed by atoms with Crippen LogP contribution in [0.25, 0.3) is 28.3 Å². The van der Waals surface area contributed by atoms with Crippen molar-refractivity contribution in [2.24, 2.45) is 0 Å². The third kappa shape index (κ3) is 5.84. The molecule has 6 aromatic rings. The van der Waals surface area contributed by atoms with Crippen molar-refractivity contribution in [3.63, 3.8) is 0 Å². The van der Waals surface area contributed by atoms with Crippen LogP contribution < -0.4 is 19.5 Å². The number of ether oxygens (including phenoxy) is 3. The third-order valence-electron chi connectivity index (χ3n) is 6.88. The monoisotopic (exact) mass is 597 g/mol. The van der Waals surface area contributed by atoms with Crippen LogP contribution in [0.3, 0.4) is 0 Å². The summed E-state index contributed by atoms with van der Waals surface area (Å²) >= 11 is 0. The molecule has 0 saturated heterocycles. The minimum absolute atomic E-state index is 0.0775. The largest absolute Gasteiger partial charge is 0.495 e. The van der Waals surface area contributed by atoms with E-state index in [1.54, 1.807) is 13.2 Å². The number of benzene rings is 3. The Balaban J connectivity index is 1.38. The standard InChI is InChI=1S/C33H26F3N5O3/c1-42-26-14-12-23(33(34,35)36)19-25(26)39-32-37-16-15-24(38-32)31-30(40-29-10-6-7-17-41(29)31)22-11-13-27(28(18-22)43-2)44-20-21-8-4-3-5-9-21/h3-19H,20H2,1-2H3,(H,37,38,39). The average Bonchev–Trinajstić information content (AvgIpc) is 3.43. The Kier molecular flexibility index (Phi) is 7.76. The lowest BCUT2D eigenvalue weighted by molar-refractivity contribution is -0.137. The Morgan fingerprint density at radius 3 is 2.34 bits per heavy atom. The van der Waals surface area contributed by atoms with E-state index in [2.05, 4.69) is 15.3 Å². The molecule has 0 saturated carbocycles. The van der Waals surface area contributed by atoms with Gasteiger partial charge in [-0.15, -0.1) is 0 Å². The zero-order valence-electron chi connectivity index (χ0n) is 23.7. The van der Waals surface area contributed by atoms with E-state index in [1.807, 2.05) is 77.3 Å². The molecule has 3 aromatic heterocycles. The normalized spacial score (nSPS) is 11.4. The van der Waals surface area contributed by atoms with E-state index in [1.165, 1.54) is 19.4 Å². The SMILES string of the molecule is COc1ccc(C(F)(F)F)cc1Nc1nccc(-c2c(-c3ccc(OCc4ccccc4)c(OC)c3)nc3ccccn23)n1. The molecule has 3 heterocycles. The van der Waals surface area contributed by atoms with Crippen LogP contribution >= 0.6 is 0 Å². The highest BCUT2D eigenvalue weighted by Gasteiger charge is 2.31. The summed E-state index contributed by atoms with van der Waals surface area (Å²) in [5.41, 5.74) is 3.46. The van der Waals surface area contributed by atoms with Crippen molar-refractivity contribution in [2.75, 3.05) is 19.5 Å². The fourth-order valence-electron chi connectivity index (χ4n) is 4.76. The highest BCUT2D eigenvalue weighted by atomic mass is 19.4. The maximum absolute atomic E-state index is 13.4. The number of nitrogens with one attached hydrogen (secondary N) is 1. The lowest BCUT2D eigenvalue weighted by atomic mass is 10.1. The summed E-state index contributed by atoms with van der Waals surface area (Å²) in [6.07, 6.45) is -1.14. The number of pyridine rings is 1. The summed E-state index contributed by atoms with van der Waals surface area (Å²) < 4.78 is 59.1. The van der Waals surface area contributed by atoms with E-state index < -0.39 is 11.7 Å². The highest BCUT2D eigenvalue weighted by molar-refractivity contribution is 5.82. The summed E-state index contributed by atoms with van der Waals surface area (Å²) in [4.78, 5) is 13.8. The smallest absolute Gasteiger partial charge is 0.416 e. The zero-order chi connectivity index (χ0) is 30.7. The number of anilines is 2. The number of hydrogen-bond acceptors (Lipinski definition) is 7. The van der Waals surface area contributed by atoms with Gasteiger partial charge in [-0.2, -0.15) is 13.2 Å². The molecule has 8 nitrogen and oxygen atoms in total. The fourth-order valence-corrected chi connectivity index (χ4v) is 4.76. The Morgan fingerprint density at radius 1 is 0.795 bits per heavy atom. The number of rotatable bonds is 9. The predicted octanol–water partition coefficient (Wildman–Crippen LogP) is 7.82. The summed E-state index contributed by atoms with van der Waals surface area (Å²) in [5.74, 6) is 1.40.